The van der Waals surface area contributed by atoms with Crippen LogP contribution in [0.1, 0.15) is 5.82 Å². The Kier molecular flexibility index (Phi) is 5.43. The Hall–Kier alpha value is -3.00. The van der Waals surface area contributed by atoms with Crippen LogP contribution in [0.15, 0.2) is 42.5 Å². The van der Waals surface area contributed by atoms with Crippen molar-refractivity contribution in [2.75, 3.05) is 21.3 Å². The molecule has 1 N–H and O–H groups in total. The zero-order chi connectivity index (χ0) is 18.5. The Balaban J connectivity index is 1.88. The number of aromatic nitrogens is 3. The molecular weight excluding hydrogens is 354 g/mol. The van der Waals surface area contributed by atoms with Crippen molar-refractivity contribution >= 4 is 12.2 Å². The number of H-pyrrole nitrogens is 1. The van der Waals surface area contributed by atoms with E-state index < -0.39 is 0 Å². The number of hydrogen-bond donors (Lipinski definition) is 1. The van der Waals surface area contributed by atoms with Gasteiger partial charge in [-0.05, 0) is 24.4 Å². The Morgan fingerprint density at radius 1 is 1.00 bits per heavy atom. The number of benzene rings is 2. The van der Waals surface area contributed by atoms with Crippen LogP contribution in [0, 0.1) is 4.77 Å². The fourth-order valence-electron chi connectivity index (χ4n) is 2.56. The molecule has 2 aromatic carbocycles. The van der Waals surface area contributed by atoms with Gasteiger partial charge in [0.2, 0.25) is 5.75 Å². The summed E-state index contributed by atoms with van der Waals surface area (Å²) in [5.74, 6) is 2.75. The monoisotopic (exact) mass is 373 g/mol. The number of methoxy groups -OCH3 is 3. The molecule has 0 aliphatic rings. The van der Waals surface area contributed by atoms with Crippen molar-refractivity contribution in [2.45, 2.75) is 6.61 Å². The minimum Gasteiger partial charge on any atom is -0.493 e. The highest BCUT2D eigenvalue weighted by Crippen LogP contribution is 2.40. The molecule has 0 bridgehead atoms. The van der Waals surface area contributed by atoms with Gasteiger partial charge in [-0.3, -0.25) is 9.67 Å². The normalized spacial score (nSPS) is 10.4. The summed E-state index contributed by atoms with van der Waals surface area (Å²) in [6.07, 6.45) is 0. The molecule has 0 aliphatic carbocycles. The van der Waals surface area contributed by atoms with Crippen LogP contribution in [0.3, 0.4) is 0 Å². The minimum absolute atomic E-state index is 0.209. The summed E-state index contributed by atoms with van der Waals surface area (Å²) in [5.41, 5.74) is 0.912. The maximum Gasteiger partial charge on any atom is 0.203 e. The van der Waals surface area contributed by atoms with E-state index in [0.717, 1.165) is 5.69 Å². The highest BCUT2D eigenvalue weighted by molar-refractivity contribution is 7.71. The smallest absolute Gasteiger partial charge is 0.203 e. The van der Waals surface area contributed by atoms with Crippen molar-refractivity contribution < 1.29 is 18.9 Å². The summed E-state index contributed by atoms with van der Waals surface area (Å²) in [4.78, 5) is 0. The number of rotatable bonds is 7. The zero-order valence-corrected chi connectivity index (χ0v) is 15.5. The van der Waals surface area contributed by atoms with E-state index in [1.165, 1.54) is 0 Å². The quantitative estimate of drug-likeness (QED) is 0.639. The van der Waals surface area contributed by atoms with E-state index in [0.29, 0.717) is 33.6 Å². The number of para-hydroxylation sites is 1. The maximum atomic E-state index is 5.89. The van der Waals surface area contributed by atoms with E-state index in [1.807, 2.05) is 34.9 Å². The van der Waals surface area contributed by atoms with Gasteiger partial charge in [-0.1, -0.05) is 18.2 Å². The SMILES string of the molecule is COc1cc(OCc2n[nH]c(=S)n2-c2ccccc2)cc(OC)c1OC. The van der Waals surface area contributed by atoms with Gasteiger partial charge in [-0.25, -0.2) is 0 Å². The molecule has 3 rings (SSSR count). The van der Waals surface area contributed by atoms with E-state index in [9.17, 15) is 0 Å². The third-order valence-corrected chi connectivity index (χ3v) is 4.04. The minimum atomic E-state index is 0.209. The molecule has 0 saturated carbocycles. The number of hydrogen-bond acceptors (Lipinski definition) is 6. The first-order valence-electron chi connectivity index (χ1n) is 7.82. The van der Waals surface area contributed by atoms with Gasteiger partial charge in [-0.15, -0.1) is 0 Å². The van der Waals surface area contributed by atoms with Crippen molar-refractivity contribution in [3.63, 3.8) is 0 Å². The van der Waals surface area contributed by atoms with Crippen LogP contribution < -0.4 is 18.9 Å². The molecule has 7 nitrogen and oxygen atoms in total. The van der Waals surface area contributed by atoms with Crippen molar-refractivity contribution in [1.82, 2.24) is 14.8 Å². The standard InChI is InChI=1S/C18H19N3O4S/c1-22-14-9-13(10-15(23-2)17(14)24-3)25-11-16-19-20-18(26)21(16)12-7-5-4-6-8-12/h4-10H,11H2,1-3H3,(H,20,26). The molecule has 0 unspecified atom stereocenters. The van der Waals surface area contributed by atoms with Crippen molar-refractivity contribution in [3.8, 4) is 28.7 Å². The lowest BCUT2D eigenvalue weighted by Crippen LogP contribution is -2.06. The van der Waals surface area contributed by atoms with Crippen molar-refractivity contribution in [1.29, 1.82) is 0 Å². The van der Waals surface area contributed by atoms with Crippen molar-refractivity contribution in [2.24, 2.45) is 0 Å². The summed E-state index contributed by atoms with van der Waals surface area (Å²) in [5, 5.41) is 7.06. The maximum absolute atomic E-state index is 5.89. The molecule has 0 amide bonds. The molecular formula is C18H19N3O4S. The van der Waals surface area contributed by atoms with Gasteiger partial charge in [0.25, 0.3) is 0 Å². The van der Waals surface area contributed by atoms with Gasteiger partial charge in [0.15, 0.2) is 22.1 Å². The van der Waals surface area contributed by atoms with Crippen LogP contribution in [0.2, 0.25) is 0 Å². The number of nitrogens with zero attached hydrogens (tertiary/aromatic N) is 2. The summed E-state index contributed by atoms with van der Waals surface area (Å²) < 4.78 is 24.2. The Labute approximate surface area is 156 Å². The van der Waals surface area contributed by atoms with Crippen LogP contribution in [0.5, 0.6) is 23.0 Å². The number of aromatic amines is 1. The fraction of sp³-hybridized carbons (Fsp3) is 0.222. The molecule has 0 aliphatic heterocycles. The number of ether oxygens (including phenoxy) is 4. The molecule has 1 heterocycles. The lowest BCUT2D eigenvalue weighted by atomic mass is 10.2. The van der Waals surface area contributed by atoms with Crippen LogP contribution in [-0.2, 0) is 6.61 Å². The average molecular weight is 373 g/mol. The Bertz CT molecular complexity index is 912. The van der Waals surface area contributed by atoms with E-state index in [1.54, 1.807) is 33.5 Å². The number of nitrogens with one attached hydrogen (secondary N) is 1. The predicted molar refractivity (Wildman–Crippen MR) is 99.2 cm³/mol. The molecule has 0 spiro atoms. The average Bonchev–Trinajstić information content (AvgIpc) is 3.06. The van der Waals surface area contributed by atoms with Gasteiger partial charge < -0.3 is 18.9 Å². The molecule has 0 fully saturated rings. The van der Waals surface area contributed by atoms with E-state index in [-0.39, 0.29) is 6.61 Å². The molecule has 1 aromatic heterocycles. The third kappa shape index (κ3) is 3.50. The fourth-order valence-corrected chi connectivity index (χ4v) is 2.81. The second-order valence-corrected chi connectivity index (χ2v) is 5.65. The van der Waals surface area contributed by atoms with Crippen molar-refractivity contribution in [3.05, 3.63) is 53.1 Å². The first-order chi connectivity index (χ1) is 12.7. The van der Waals surface area contributed by atoms with Gasteiger partial charge in [0, 0.05) is 17.8 Å². The second-order valence-electron chi connectivity index (χ2n) is 5.27. The largest absolute Gasteiger partial charge is 0.493 e. The van der Waals surface area contributed by atoms with Gasteiger partial charge in [-0.2, -0.15) is 5.10 Å². The molecule has 0 radical (unpaired) electrons. The van der Waals surface area contributed by atoms with E-state index in [2.05, 4.69) is 10.2 Å². The lowest BCUT2D eigenvalue weighted by molar-refractivity contribution is 0.282. The van der Waals surface area contributed by atoms with Crippen LogP contribution in [0.4, 0.5) is 0 Å². The summed E-state index contributed by atoms with van der Waals surface area (Å²) in [7, 11) is 4.67. The summed E-state index contributed by atoms with van der Waals surface area (Å²) in [6, 6.07) is 13.2. The third-order valence-electron chi connectivity index (χ3n) is 3.76. The second kappa shape index (κ2) is 7.92. The molecule has 8 heteroatoms. The summed E-state index contributed by atoms with van der Waals surface area (Å²) in [6.45, 7) is 0.209. The lowest BCUT2D eigenvalue weighted by Gasteiger charge is -2.14. The topological polar surface area (TPSA) is 70.5 Å². The molecule has 3 aromatic rings. The molecule has 0 saturated heterocycles. The van der Waals surface area contributed by atoms with Crippen LogP contribution in [0.25, 0.3) is 5.69 Å². The first kappa shape index (κ1) is 17.8. The molecule has 136 valence electrons. The Morgan fingerprint density at radius 2 is 1.65 bits per heavy atom. The van der Waals surface area contributed by atoms with E-state index in [4.69, 9.17) is 31.2 Å². The first-order valence-corrected chi connectivity index (χ1v) is 8.23. The van der Waals surface area contributed by atoms with Crippen LogP contribution >= 0.6 is 12.2 Å². The highest BCUT2D eigenvalue weighted by Gasteiger charge is 2.15. The predicted octanol–water partition coefficient (Wildman–Crippen LogP) is 3.53. The van der Waals surface area contributed by atoms with E-state index >= 15 is 0 Å². The highest BCUT2D eigenvalue weighted by atomic mass is 32.1. The zero-order valence-electron chi connectivity index (χ0n) is 14.7. The van der Waals surface area contributed by atoms with Gasteiger partial charge >= 0.3 is 0 Å². The Morgan fingerprint density at radius 3 is 2.23 bits per heavy atom. The molecule has 0 atom stereocenters. The van der Waals surface area contributed by atoms with Gasteiger partial charge in [0.05, 0.1) is 21.3 Å². The van der Waals surface area contributed by atoms with Gasteiger partial charge in [0.1, 0.15) is 12.4 Å². The van der Waals surface area contributed by atoms with Crippen LogP contribution in [-0.4, -0.2) is 36.1 Å². The molecule has 26 heavy (non-hydrogen) atoms. The summed E-state index contributed by atoms with van der Waals surface area (Å²) >= 11 is 5.33.